The van der Waals surface area contributed by atoms with Gasteiger partial charge in [-0.1, -0.05) is 12.1 Å². The molecule has 1 atom stereocenters. The molecule has 1 aromatic carbocycles. The minimum absolute atomic E-state index is 0.0573. The fourth-order valence-corrected chi connectivity index (χ4v) is 1.71. The molecular weight excluding hydrogens is 242 g/mol. The average molecular weight is 267 g/mol. The largest absolute Gasteiger partial charge is 0.493 e. The predicted octanol–water partition coefficient (Wildman–Crippen LogP) is 2.45. The van der Waals surface area contributed by atoms with Crippen LogP contribution in [0, 0.1) is 6.92 Å². The molecule has 0 bridgehead atoms. The molecule has 0 aliphatic carbocycles. The van der Waals surface area contributed by atoms with Crippen LogP contribution in [0.2, 0.25) is 0 Å². The summed E-state index contributed by atoms with van der Waals surface area (Å²) in [6.07, 6.45) is 0.873. The third-order valence-electron chi connectivity index (χ3n) is 2.85. The summed E-state index contributed by atoms with van der Waals surface area (Å²) in [5, 5.41) is 0. The fraction of sp³-hybridized carbons (Fsp3) is 0.600. The van der Waals surface area contributed by atoms with Crippen LogP contribution < -0.4 is 10.5 Å². The van der Waals surface area contributed by atoms with Gasteiger partial charge in [0.05, 0.1) is 19.8 Å². The molecule has 4 heteroatoms. The Balaban J connectivity index is 2.26. The Morgan fingerprint density at radius 2 is 1.95 bits per heavy atom. The van der Waals surface area contributed by atoms with Crippen molar-refractivity contribution >= 4 is 0 Å². The van der Waals surface area contributed by atoms with E-state index in [0.717, 1.165) is 23.3 Å². The Morgan fingerprint density at radius 3 is 2.58 bits per heavy atom. The smallest absolute Gasteiger partial charge is 0.122 e. The second-order valence-corrected chi connectivity index (χ2v) is 4.62. The van der Waals surface area contributed by atoms with E-state index in [9.17, 15) is 0 Å². The van der Waals surface area contributed by atoms with Crippen molar-refractivity contribution in [2.24, 2.45) is 5.73 Å². The average Bonchev–Trinajstić information content (AvgIpc) is 2.39. The zero-order chi connectivity index (χ0) is 14.1. The molecule has 0 radical (unpaired) electrons. The van der Waals surface area contributed by atoms with Crippen LogP contribution in [0.4, 0.5) is 0 Å². The van der Waals surface area contributed by atoms with Gasteiger partial charge in [0, 0.05) is 26.2 Å². The first kappa shape index (κ1) is 16.0. The first-order valence-corrected chi connectivity index (χ1v) is 6.70. The minimum Gasteiger partial charge on any atom is -0.493 e. The van der Waals surface area contributed by atoms with E-state index in [-0.39, 0.29) is 6.04 Å². The van der Waals surface area contributed by atoms with Gasteiger partial charge in [-0.05, 0) is 31.0 Å². The van der Waals surface area contributed by atoms with E-state index in [1.54, 1.807) is 7.11 Å². The maximum Gasteiger partial charge on any atom is 0.122 e. The summed E-state index contributed by atoms with van der Waals surface area (Å²) in [6.45, 7) is 6.64. The number of methoxy groups -OCH3 is 1. The van der Waals surface area contributed by atoms with Crippen molar-refractivity contribution in [3.63, 3.8) is 0 Å². The molecule has 0 aliphatic rings. The van der Waals surface area contributed by atoms with Gasteiger partial charge in [-0.3, -0.25) is 0 Å². The maximum absolute atomic E-state index is 5.84. The van der Waals surface area contributed by atoms with Gasteiger partial charge >= 0.3 is 0 Å². The Morgan fingerprint density at radius 1 is 1.16 bits per heavy atom. The molecule has 0 fully saturated rings. The molecule has 4 nitrogen and oxygen atoms in total. The summed E-state index contributed by atoms with van der Waals surface area (Å²) in [5.41, 5.74) is 8.10. The number of rotatable bonds is 9. The zero-order valence-electron chi connectivity index (χ0n) is 12.1. The number of hydrogen-bond donors (Lipinski definition) is 1. The van der Waals surface area contributed by atoms with Crippen LogP contribution >= 0.6 is 0 Å². The van der Waals surface area contributed by atoms with Crippen LogP contribution in [0.3, 0.4) is 0 Å². The summed E-state index contributed by atoms with van der Waals surface area (Å²) < 4.78 is 16.0. The Kier molecular flexibility index (Phi) is 7.48. The first-order chi connectivity index (χ1) is 9.15. The Bertz CT molecular complexity index is 366. The highest BCUT2D eigenvalue weighted by Crippen LogP contribution is 2.21. The molecule has 0 aromatic heterocycles. The van der Waals surface area contributed by atoms with E-state index in [1.165, 1.54) is 0 Å². The maximum atomic E-state index is 5.84. The molecule has 0 spiro atoms. The van der Waals surface area contributed by atoms with E-state index in [0.29, 0.717) is 26.4 Å². The summed E-state index contributed by atoms with van der Waals surface area (Å²) in [7, 11) is 1.67. The molecule has 0 heterocycles. The normalized spacial score (nSPS) is 12.4. The summed E-state index contributed by atoms with van der Waals surface area (Å²) in [5.74, 6) is 0.918. The highest BCUT2D eigenvalue weighted by Gasteiger charge is 2.04. The molecule has 19 heavy (non-hydrogen) atoms. The molecule has 2 N–H and O–H groups in total. The van der Waals surface area contributed by atoms with E-state index in [4.69, 9.17) is 19.9 Å². The third kappa shape index (κ3) is 6.05. The lowest BCUT2D eigenvalue weighted by Gasteiger charge is -2.12. The van der Waals surface area contributed by atoms with Crippen molar-refractivity contribution in [3.8, 4) is 5.75 Å². The second-order valence-electron chi connectivity index (χ2n) is 4.62. The first-order valence-electron chi connectivity index (χ1n) is 6.70. The van der Waals surface area contributed by atoms with Gasteiger partial charge in [0.2, 0.25) is 0 Å². The SMILES string of the molecule is COCCOCCCOc1ccc([C@@H](C)N)cc1C. The fourth-order valence-electron chi connectivity index (χ4n) is 1.71. The van der Waals surface area contributed by atoms with Crippen LogP contribution in [0.25, 0.3) is 0 Å². The van der Waals surface area contributed by atoms with Gasteiger partial charge in [-0.2, -0.15) is 0 Å². The van der Waals surface area contributed by atoms with E-state index in [2.05, 4.69) is 6.07 Å². The molecule has 108 valence electrons. The van der Waals surface area contributed by atoms with Gasteiger partial charge in [-0.25, -0.2) is 0 Å². The van der Waals surface area contributed by atoms with E-state index < -0.39 is 0 Å². The van der Waals surface area contributed by atoms with E-state index >= 15 is 0 Å². The third-order valence-corrected chi connectivity index (χ3v) is 2.85. The molecular formula is C15H25NO3. The van der Waals surface area contributed by atoms with Crippen LogP contribution in [-0.2, 0) is 9.47 Å². The molecule has 0 amide bonds. The lowest BCUT2D eigenvalue weighted by atomic mass is 10.1. The van der Waals surface area contributed by atoms with Crippen LogP contribution in [-0.4, -0.2) is 33.5 Å². The van der Waals surface area contributed by atoms with Crippen LogP contribution in [0.1, 0.15) is 30.5 Å². The zero-order valence-corrected chi connectivity index (χ0v) is 12.1. The lowest BCUT2D eigenvalue weighted by Crippen LogP contribution is -2.08. The Labute approximate surface area is 115 Å². The monoisotopic (exact) mass is 267 g/mol. The van der Waals surface area contributed by atoms with Crippen molar-refractivity contribution in [3.05, 3.63) is 29.3 Å². The summed E-state index contributed by atoms with van der Waals surface area (Å²) >= 11 is 0. The summed E-state index contributed by atoms with van der Waals surface area (Å²) in [6, 6.07) is 6.14. The van der Waals surface area contributed by atoms with E-state index in [1.807, 2.05) is 26.0 Å². The number of nitrogens with two attached hydrogens (primary N) is 1. The van der Waals surface area contributed by atoms with Crippen molar-refractivity contribution in [1.82, 2.24) is 0 Å². The number of hydrogen-bond acceptors (Lipinski definition) is 4. The van der Waals surface area contributed by atoms with Gasteiger partial charge in [0.25, 0.3) is 0 Å². The molecule has 0 saturated heterocycles. The predicted molar refractivity (Wildman–Crippen MR) is 76.6 cm³/mol. The Hall–Kier alpha value is -1.10. The number of aryl methyl sites for hydroxylation is 1. The highest BCUT2D eigenvalue weighted by molar-refractivity contribution is 5.37. The molecule has 0 unspecified atom stereocenters. The van der Waals surface area contributed by atoms with Crippen LogP contribution in [0.5, 0.6) is 5.75 Å². The van der Waals surface area contributed by atoms with Gasteiger partial charge in [-0.15, -0.1) is 0 Å². The molecule has 1 aromatic rings. The molecule has 0 aliphatic heterocycles. The topological polar surface area (TPSA) is 53.7 Å². The van der Waals surface area contributed by atoms with Gasteiger partial charge in [0.1, 0.15) is 5.75 Å². The minimum atomic E-state index is 0.0573. The van der Waals surface area contributed by atoms with Crippen molar-refractivity contribution in [1.29, 1.82) is 0 Å². The van der Waals surface area contributed by atoms with Crippen molar-refractivity contribution < 1.29 is 14.2 Å². The quantitative estimate of drug-likeness (QED) is 0.698. The lowest BCUT2D eigenvalue weighted by molar-refractivity contribution is 0.0644. The van der Waals surface area contributed by atoms with Gasteiger partial charge in [0.15, 0.2) is 0 Å². The highest BCUT2D eigenvalue weighted by atomic mass is 16.5. The number of benzene rings is 1. The van der Waals surface area contributed by atoms with Crippen molar-refractivity contribution in [2.75, 3.05) is 33.5 Å². The van der Waals surface area contributed by atoms with Gasteiger partial charge < -0.3 is 19.9 Å². The summed E-state index contributed by atoms with van der Waals surface area (Å²) in [4.78, 5) is 0. The number of ether oxygens (including phenoxy) is 3. The second kappa shape index (κ2) is 8.91. The van der Waals surface area contributed by atoms with Crippen LogP contribution in [0.15, 0.2) is 18.2 Å². The standard InChI is InChI=1S/C15H25NO3/c1-12-11-14(13(2)16)5-6-15(12)19-8-4-7-18-10-9-17-3/h5-6,11,13H,4,7-10,16H2,1-3H3/t13-/m1/s1. The van der Waals surface area contributed by atoms with Crippen molar-refractivity contribution in [2.45, 2.75) is 26.3 Å². The molecule has 0 saturated carbocycles. The molecule has 1 rings (SSSR count).